The van der Waals surface area contributed by atoms with E-state index in [2.05, 4.69) is 4.98 Å². The maximum Gasteiger partial charge on any atom is 0.311 e. The molecule has 0 spiro atoms. The molecule has 0 atom stereocenters. The number of aryl methyl sites for hydroxylation is 1. The summed E-state index contributed by atoms with van der Waals surface area (Å²) in [6, 6.07) is 3.12. The summed E-state index contributed by atoms with van der Waals surface area (Å²) in [5.41, 5.74) is 0.424. The molecule has 0 bridgehead atoms. The van der Waals surface area contributed by atoms with Crippen LogP contribution in [0.15, 0.2) is 23.6 Å². The molecule has 1 heterocycles. The standard InChI is InChI=1S/C12H11FN2O3S/c1-2-12-14-9(7-19-12)6-18-11-5-8(13)3-4-10(11)15(16)17/h3-5,7H,2,6H2,1H3. The first-order valence-electron chi connectivity index (χ1n) is 5.60. The summed E-state index contributed by atoms with van der Waals surface area (Å²) in [6.45, 7) is 2.07. The van der Waals surface area contributed by atoms with Crippen LogP contribution in [-0.4, -0.2) is 9.91 Å². The van der Waals surface area contributed by atoms with Crippen LogP contribution in [0, 0.1) is 15.9 Å². The van der Waals surface area contributed by atoms with Gasteiger partial charge < -0.3 is 4.74 Å². The summed E-state index contributed by atoms with van der Waals surface area (Å²) in [7, 11) is 0. The third-order valence-corrected chi connectivity index (χ3v) is 3.44. The lowest BCUT2D eigenvalue weighted by molar-refractivity contribution is -0.386. The van der Waals surface area contributed by atoms with E-state index in [1.54, 1.807) is 0 Å². The van der Waals surface area contributed by atoms with Crippen LogP contribution in [0.2, 0.25) is 0 Å². The molecule has 0 aliphatic carbocycles. The van der Waals surface area contributed by atoms with E-state index >= 15 is 0 Å². The van der Waals surface area contributed by atoms with Gasteiger partial charge in [-0.25, -0.2) is 9.37 Å². The highest BCUT2D eigenvalue weighted by atomic mass is 32.1. The third-order valence-electron chi connectivity index (χ3n) is 2.40. The van der Waals surface area contributed by atoms with Gasteiger partial charge in [0.25, 0.3) is 0 Å². The van der Waals surface area contributed by atoms with Crippen LogP contribution in [-0.2, 0) is 13.0 Å². The lowest BCUT2D eigenvalue weighted by Gasteiger charge is -2.05. The molecule has 5 nitrogen and oxygen atoms in total. The topological polar surface area (TPSA) is 65.3 Å². The Kier molecular flexibility index (Phi) is 4.06. The van der Waals surface area contributed by atoms with Gasteiger partial charge in [-0.05, 0) is 12.5 Å². The highest BCUT2D eigenvalue weighted by molar-refractivity contribution is 7.09. The van der Waals surface area contributed by atoms with Gasteiger partial charge in [0.2, 0.25) is 0 Å². The fraction of sp³-hybridized carbons (Fsp3) is 0.250. The molecule has 100 valence electrons. The summed E-state index contributed by atoms with van der Waals surface area (Å²) < 4.78 is 18.4. The quantitative estimate of drug-likeness (QED) is 0.623. The zero-order valence-corrected chi connectivity index (χ0v) is 10.9. The smallest absolute Gasteiger partial charge is 0.311 e. The molecule has 0 radical (unpaired) electrons. The van der Waals surface area contributed by atoms with Crippen LogP contribution in [0.25, 0.3) is 0 Å². The minimum atomic E-state index is -0.604. The lowest BCUT2D eigenvalue weighted by Crippen LogP contribution is -2.00. The predicted molar refractivity (Wildman–Crippen MR) is 68.9 cm³/mol. The number of thiazole rings is 1. The van der Waals surface area contributed by atoms with Crippen molar-refractivity contribution in [1.29, 1.82) is 0 Å². The first-order chi connectivity index (χ1) is 9.10. The average Bonchev–Trinajstić information content (AvgIpc) is 2.84. The van der Waals surface area contributed by atoms with Gasteiger partial charge in [0.05, 0.1) is 15.6 Å². The summed E-state index contributed by atoms with van der Waals surface area (Å²) in [4.78, 5) is 14.5. The number of aromatic nitrogens is 1. The Bertz CT molecular complexity index is 600. The Hall–Kier alpha value is -2.02. The predicted octanol–water partition coefficient (Wildman–Crippen LogP) is 3.33. The van der Waals surface area contributed by atoms with Gasteiger partial charge in [0.1, 0.15) is 12.4 Å². The highest BCUT2D eigenvalue weighted by Gasteiger charge is 2.16. The van der Waals surface area contributed by atoms with E-state index < -0.39 is 10.7 Å². The number of nitro benzene ring substituents is 1. The summed E-state index contributed by atoms with van der Waals surface area (Å²) >= 11 is 1.50. The number of rotatable bonds is 5. The van der Waals surface area contributed by atoms with E-state index in [4.69, 9.17) is 4.74 Å². The minimum Gasteiger partial charge on any atom is -0.480 e. The van der Waals surface area contributed by atoms with Crippen molar-refractivity contribution >= 4 is 17.0 Å². The molecular weight excluding hydrogens is 271 g/mol. The number of hydrogen-bond acceptors (Lipinski definition) is 5. The number of nitrogens with zero attached hydrogens (tertiary/aromatic N) is 2. The van der Waals surface area contributed by atoms with E-state index in [1.807, 2.05) is 12.3 Å². The first-order valence-corrected chi connectivity index (χ1v) is 6.48. The lowest BCUT2D eigenvalue weighted by atomic mass is 10.3. The second-order valence-corrected chi connectivity index (χ2v) is 4.69. The number of ether oxygens (including phenoxy) is 1. The maximum absolute atomic E-state index is 13.1. The van der Waals surface area contributed by atoms with Crippen LogP contribution < -0.4 is 4.74 Å². The van der Waals surface area contributed by atoms with E-state index in [0.717, 1.165) is 29.6 Å². The van der Waals surface area contributed by atoms with Crippen molar-refractivity contribution < 1.29 is 14.1 Å². The van der Waals surface area contributed by atoms with E-state index in [0.29, 0.717) is 5.69 Å². The number of hydrogen-bond donors (Lipinski definition) is 0. The Morgan fingerprint density at radius 1 is 1.53 bits per heavy atom. The van der Waals surface area contributed by atoms with Gasteiger partial charge in [-0.3, -0.25) is 10.1 Å². The van der Waals surface area contributed by atoms with Crippen LogP contribution >= 0.6 is 11.3 Å². The highest BCUT2D eigenvalue weighted by Crippen LogP contribution is 2.28. The van der Waals surface area contributed by atoms with Crippen molar-refractivity contribution in [3.8, 4) is 5.75 Å². The third kappa shape index (κ3) is 3.25. The molecule has 0 N–H and O–H groups in total. The Morgan fingerprint density at radius 2 is 2.32 bits per heavy atom. The Morgan fingerprint density at radius 3 is 2.95 bits per heavy atom. The molecule has 0 fully saturated rings. The average molecular weight is 282 g/mol. The molecule has 0 saturated carbocycles. The van der Waals surface area contributed by atoms with Crippen LogP contribution in [0.1, 0.15) is 17.6 Å². The van der Waals surface area contributed by atoms with Gasteiger partial charge in [0, 0.05) is 17.5 Å². The molecule has 0 aliphatic rings. The summed E-state index contributed by atoms with van der Waals surface area (Å²) in [5, 5.41) is 13.6. The van der Waals surface area contributed by atoms with Gasteiger partial charge in [-0.2, -0.15) is 0 Å². The molecular formula is C12H11FN2O3S. The second kappa shape index (κ2) is 5.75. The molecule has 1 aromatic heterocycles. The molecule has 1 aromatic carbocycles. The van der Waals surface area contributed by atoms with Crippen molar-refractivity contribution in [2.45, 2.75) is 20.0 Å². The largest absolute Gasteiger partial charge is 0.480 e. The molecule has 2 aromatic rings. The molecule has 19 heavy (non-hydrogen) atoms. The molecule has 7 heteroatoms. The minimum absolute atomic E-state index is 0.0841. The Balaban J connectivity index is 2.14. The van der Waals surface area contributed by atoms with Gasteiger partial charge in [-0.1, -0.05) is 6.92 Å². The number of benzene rings is 1. The van der Waals surface area contributed by atoms with E-state index in [-0.39, 0.29) is 18.0 Å². The summed E-state index contributed by atoms with van der Waals surface area (Å²) in [5.74, 6) is -0.663. The molecule has 0 unspecified atom stereocenters. The fourth-order valence-electron chi connectivity index (χ4n) is 1.48. The normalized spacial score (nSPS) is 10.4. The van der Waals surface area contributed by atoms with Crippen LogP contribution in [0.4, 0.5) is 10.1 Å². The Labute approximate surface area is 112 Å². The monoisotopic (exact) mass is 282 g/mol. The van der Waals surface area contributed by atoms with Crippen molar-refractivity contribution in [1.82, 2.24) is 4.98 Å². The number of nitro groups is 1. The van der Waals surface area contributed by atoms with Gasteiger partial charge >= 0.3 is 5.69 Å². The summed E-state index contributed by atoms with van der Waals surface area (Å²) in [6.07, 6.45) is 0.824. The van der Waals surface area contributed by atoms with E-state index in [1.165, 1.54) is 11.3 Å². The molecule has 0 saturated heterocycles. The fourth-order valence-corrected chi connectivity index (χ4v) is 2.21. The zero-order chi connectivity index (χ0) is 13.8. The number of halogens is 1. The van der Waals surface area contributed by atoms with Gasteiger partial charge in [0.15, 0.2) is 5.75 Å². The maximum atomic E-state index is 13.1. The van der Waals surface area contributed by atoms with Crippen LogP contribution in [0.5, 0.6) is 5.75 Å². The zero-order valence-electron chi connectivity index (χ0n) is 10.1. The first kappa shape index (κ1) is 13.4. The van der Waals surface area contributed by atoms with Crippen molar-refractivity contribution in [2.75, 3.05) is 0 Å². The SMILES string of the molecule is CCc1nc(COc2cc(F)ccc2[N+](=O)[O-])cs1. The van der Waals surface area contributed by atoms with Gasteiger partial charge in [-0.15, -0.1) is 11.3 Å². The van der Waals surface area contributed by atoms with Crippen LogP contribution in [0.3, 0.4) is 0 Å². The van der Waals surface area contributed by atoms with Crippen molar-refractivity contribution in [3.63, 3.8) is 0 Å². The van der Waals surface area contributed by atoms with Crippen molar-refractivity contribution in [3.05, 3.63) is 50.2 Å². The molecule has 2 rings (SSSR count). The molecule has 0 amide bonds. The van der Waals surface area contributed by atoms with Crippen molar-refractivity contribution in [2.24, 2.45) is 0 Å². The molecule has 0 aliphatic heterocycles. The van der Waals surface area contributed by atoms with E-state index in [9.17, 15) is 14.5 Å². The second-order valence-electron chi connectivity index (χ2n) is 3.74.